The summed E-state index contributed by atoms with van der Waals surface area (Å²) in [5, 5.41) is 5.46. The Hall–Kier alpha value is -2.82. The van der Waals surface area contributed by atoms with Crippen LogP contribution in [-0.2, 0) is 11.2 Å². The molecule has 0 aliphatic carbocycles. The number of aryl methyl sites for hydroxylation is 1. The molecule has 2 aromatic rings. The van der Waals surface area contributed by atoms with E-state index < -0.39 is 0 Å². The van der Waals surface area contributed by atoms with E-state index in [1.54, 1.807) is 31.3 Å². The molecule has 0 atom stereocenters. The molecule has 0 radical (unpaired) electrons. The minimum atomic E-state index is -0.172. The summed E-state index contributed by atoms with van der Waals surface area (Å²) in [6, 6.07) is 14.6. The van der Waals surface area contributed by atoms with Gasteiger partial charge in [0.25, 0.3) is 5.91 Å². The number of nitrogens with one attached hydrogen (secondary N) is 2. The van der Waals surface area contributed by atoms with E-state index in [0.29, 0.717) is 18.4 Å². The van der Waals surface area contributed by atoms with Crippen LogP contribution >= 0.6 is 0 Å². The largest absolute Gasteiger partial charge is 0.491 e. The second kappa shape index (κ2) is 8.87. The minimum absolute atomic E-state index is 0.0160. The molecule has 0 aliphatic heterocycles. The van der Waals surface area contributed by atoms with Crippen molar-refractivity contribution in [1.82, 2.24) is 5.32 Å². The first-order valence-electron chi connectivity index (χ1n) is 8.35. The van der Waals surface area contributed by atoms with Crippen molar-refractivity contribution in [2.45, 2.75) is 32.8 Å². The monoisotopic (exact) mass is 340 g/mol. The van der Waals surface area contributed by atoms with E-state index in [1.807, 2.05) is 38.1 Å². The average Bonchev–Trinajstić information content (AvgIpc) is 2.61. The van der Waals surface area contributed by atoms with Gasteiger partial charge in [0.15, 0.2) is 0 Å². The standard InChI is InChI=1S/C20H24N2O3/c1-14(2)25-18-11-7-16(8-12-18)20(24)22-17-9-4-15(5-10-17)6-13-19(23)21-3/h4-5,7-12,14H,6,13H2,1-3H3,(H,21,23)(H,22,24). The quantitative estimate of drug-likeness (QED) is 0.812. The topological polar surface area (TPSA) is 67.4 Å². The smallest absolute Gasteiger partial charge is 0.255 e. The van der Waals surface area contributed by atoms with E-state index in [0.717, 1.165) is 17.0 Å². The zero-order valence-corrected chi connectivity index (χ0v) is 14.8. The van der Waals surface area contributed by atoms with E-state index >= 15 is 0 Å². The summed E-state index contributed by atoms with van der Waals surface area (Å²) in [4.78, 5) is 23.5. The summed E-state index contributed by atoms with van der Waals surface area (Å²) in [7, 11) is 1.63. The summed E-state index contributed by atoms with van der Waals surface area (Å²) >= 11 is 0. The molecule has 0 unspecified atom stereocenters. The van der Waals surface area contributed by atoms with Gasteiger partial charge in [-0.05, 0) is 62.2 Å². The van der Waals surface area contributed by atoms with E-state index in [4.69, 9.17) is 4.74 Å². The maximum atomic E-state index is 12.3. The van der Waals surface area contributed by atoms with Crippen LogP contribution in [0.2, 0.25) is 0 Å². The molecule has 0 saturated carbocycles. The Morgan fingerprint density at radius 2 is 1.64 bits per heavy atom. The van der Waals surface area contributed by atoms with Gasteiger partial charge >= 0.3 is 0 Å². The zero-order chi connectivity index (χ0) is 18.2. The fourth-order valence-corrected chi connectivity index (χ4v) is 2.30. The van der Waals surface area contributed by atoms with Crippen molar-refractivity contribution in [3.05, 3.63) is 59.7 Å². The Kier molecular flexibility index (Phi) is 6.57. The van der Waals surface area contributed by atoms with Crippen molar-refractivity contribution in [2.24, 2.45) is 0 Å². The number of hydrogen-bond acceptors (Lipinski definition) is 3. The number of rotatable bonds is 7. The molecule has 2 aromatic carbocycles. The second-order valence-corrected chi connectivity index (χ2v) is 6.02. The van der Waals surface area contributed by atoms with Crippen LogP contribution in [0, 0.1) is 0 Å². The molecule has 0 saturated heterocycles. The summed E-state index contributed by atoms with van der Waals surface area (Å²) in [6.07, 6.45) is 1.22. The molecule has 0 aliphatic rings. The van der Waals surface area contributed by atoms with Crippen molar-refractivity contribution < 1.29 is 14.3 Å². The summed E-state index contributed by atoms with van der Waals surface area (Å²) in [6.45, 7) is 3.91. The van der Waals surface area contributed by atoms with Gasteiger partial charge in [0, 0.05) is 24.7 Å². The second-order valence-electron chi connectivity index (χ2n) is 6.02. The lowest BCUT2D eigenvalue weighted by atomic mass is 10.1. The molecule has 0 fully saturated rings. The van der Waals surface area contributed by atoms with Crippen LogP contribution in [-0.4, -0.2) is 25.0 Å². The predicted molar refractivity (Wildman–Crippen MR) is 99.0 cm³/mol. The highest BCUT2D eigenvalue weighted by Crippen LogP contribution is 2.16. The molecular weight excluding hydrogens is 316 g/mol. The first-order chi connectivity index (χ1) is 12.0. The van der Waals surface area contributed by atoms with Crippen molar-refractivity contribution in [2.75, 3.05) is 12.4 Å². The predicted octanol–water partition coefficient (Wildman–Crippen LogP) is 3.40. The average molecular weight is 340 g/mol. The Bertz CT molecular complexity index is 707. The number of carbonyl (C=O) groups excluding carboxylic acids is 2. The van der Waals surface area contributed by atoms with Gasteiger partial charge in [-0.25, -0.2) is 0 Å². The third kappa shape index (κ3) is 5.95. The number of hydrogen-bond donors (Lipinski definition) is 2. The van der Waals surface area contributed by atoms with E-state index in [9.17, 15) is 9.59 Å². The van der Waals surface area contributed by atoms with Crippen LogP contribution < -0.4 is 15.4 Å². The molecule has 2 rings (SSSR count). The molecule has 25 heavy (non-hydrogen) atoms. The molecule has 0 spiro atoms. The van der Waals surface area contributed by atoms with E-state index in [2.05, 4.69) is 10.6 Å². The molecule has 2 amide bonds. The highest BCUT2D eigenvalue weighted by molar-refractivity contribution is 6.04. The van der Waals surface area contributed by atoms with Gasteiger partial charge in [-0.15, -0.1) is 0 Å². The first-order valence-corrected chi connectivity index (χ1v) is 8.35. The molecule has 132 valence electrons. The number of anilines is 1. The number of benzene rings is 2. The fraction of sp³-hybridized carbons (Fsp3) is 0.300. The van der Waals surface area contributed by atoms with Gasteiger partial charge in [0.05, 0.1) is 6.10 Å². The third-order valence-electron chi connectivity index (χ3n) is 3.62. The van der Waals surface area contributed by atoms with Crippen LogP contribution in [0.3, 0.4) is 0 Å². The molecular formula is C20H24N2O3. The fourth-order valence-electron chi connectivity index (χ4n) is 2.30. The molecule has 5 nitrogen and oxygen atoms in total. The van der Waals surface area contributed by atoms with Gasteiger partial charge in [-0.3, -0.25) is 9.59 Å². The van der Waals surface area contributed by atoms with Gasteiger partial charge in [-0.2, -0.15) is 0 Å². The Labute approximate surface area is 148 Å². The highest BCUT2D eigenvalue weighted by Gasteiger charge is 2.07. The van der Waals surface area contributed by atoms with Crippen molar-refractivity contribution in [3.63, 3.8) is 0 Å². The van der Waals surface area contributed by atoms with Crippen LogP contribution in [0.1, 0.15) is 36.2 Å². The van der Waals surface area contributed by atoms with Crippen LogP contribution in [0.4, 0.5) is 5.69 Å². The number of amides is 2. The van der Waals surface area contributed by atoms with Crippen LogP contribution in [0.25, 0.3) is 0 Å². The van der Waals surface area contributed by atoms with Gasteiger partial charge in [0.2, 0.25) is 5.91 Å². The number of ether oxygens (including phenoxy) is 1. The summed E-state index contributed by atoms with van der Waals surface area (Å²) < 4.78 is 5.57. The Morgan fingerprint density at radius 3 is 2.20 bits per heavy atom. The third-order valence-corrected chi connectivity index (χ3v) is 3.62. The minimum Gasteiger partial charge on any atom is -0.491 e. The lowest BCUT2D eigenvalue weighted by Gasteiger charge is -2.10. The molecule has 5 heteroatoms. The molecule has 0 heterocycles. The van der Waals surface area contributed by atoms with Gasteiger partial charge in [-0.1, -0.05) is 12.1 Å². The maximum absolute atomic E-state index is 12.3. The lowest BCUT2D eigenvalue weighted by molar-refractivity contribution is -0.120. The van der Waals surface area contributed by atoms with Crippen LogP contribution in [0.15, 0.2) is 48.5 Å². The van der Waals surface area contributed by atoms with Crippen molar-refractivity contribution in [1.29, 1.82) is 0 Å². The Morgan fingerprint density at radius 1 is 1.00 bits per heavy atom. The van der Waals surface area contributed by atoms with Crippen molar-refractivity contribution >= 4 is 17.5 Å². The van der Waals surface area contributed by atoms with E-state index in [1.165, 1.54) is 0 Å². The molecule has 0 aromatic heterocycles. The molecule has 0 bridgehead atoms. The molecule has 2 N–H and O–H groups in total. The zero-order valence-electron chi connectivity index (χ0n) is 14.8. The number of carbonyl (C=O) groups is 2. The van der Waals surface area contributed by atoms with Gasteiger partial charge in [0.1, 0.15) is 5.75 Å². The van der Waals surface area contributed by atoms with Crippen LogP contribution in [0.5, 0.6) is 5.75 Å². The highest BCUT2D eigenvalue weighted by atomic mass is 16.5. The first kappa shape index (κ1) is 18.5. The summed E-state index contributed by atoms with van der Waals surface area (Å²) in [5.41, 5.74) is 2.34. The lowest BCUT2D eigenvalue weighted by Crippen LogP contribution is -2.17. The maximum Gasteiger partial charge on any atom is 0.255 e. The van der Waals surface area contributed by atoms with Gasteiger partial charge < -0.3 is 15.4 Å². The SMILES string of the molecule is CNC(=O)CCc1ccc(NC(=O)c2ccc(OC(C)C)cc2)cc1. The van der Waals surface area contributed by atoms with E-state index in [-0.39, 0.29) is 17.9 Å². The Balaban J connectivity index is 1.92. The normalized spacial score (nSPS) is 10.4. The summed E-state index contributed by atoms with van der Waals surface area (Å²) in [5.74, 6) is 0.587. The van der Waals surface area contributed by atoms with Crippen molar-refractivity contribution in [3.8, 4) is 5.75 Å².